The van der Waals surface area contributed by atoms with Gasteiger partial charge in [-0.2, -0.15) is 4.72 Å². The minimum atomic E-state index is -3.66. The van der Waals surface area contributed by atoms with Gasteiger partial charge in [-0.1, -0.05) is 19.1 Å². The van der Waals surface area contributed by atoms with Crippen molar-refractivity contribution in [1.29, 1.82) is 0 Å². The zero-order chi connectivity index (χ0) is 14.5. The molecule has 1 aromatic carbocycles. The van der Waals surface area contributed by atoms with Crippen LogP contribution >= 0.6 is 0 Å². The first-order valence-electron chi connectivity index (χ1n) is 6.23. The normalized spacial score (nSPS) is 13.0. The molecule has 106 valence electrons. The number of hydrogen-bond donors (Lipinski definition) is 2. The molecule has 1 atom stereocenters. The molecule has 0 spiro atoms. The van der Waals surface area contributed by atoms with Crippen molar-refractivity contribution < 1.29 is 13.2 Å². The molecule has 0 aromatic heterocycles. The van der Waals surface area contributed by atoms with Crippen LogP contribution < -0.4 is 10.0 Å². The molecule has 0 aliphatic rings. The number of rotatable bonds is 6. The minimum Gasteiger partial charge on any atom is -0.355 e. The lowest BCUT2D eigenvalue weighted by Crippen LogP contribution is -2.44. The zero-order valence-corrected chi connectivity index (χ0v) is 12.3. The quantitative estimate of drug-likeness (QED) is 0.824. The van der Waals surface area contributed by atoms with Crippen LogP contribution in [0.3, 0.4) is 0 Å². The van der Waals surface area contributed by atoms with Crippen LogP contribution in [-0.2, 0) is 14.8 Å². The molecular formula is C13H20N2O3S. The molecule has 2 N–H and O–H groups in total. The van der Waals surface area contributed by atoms with Crippen LogP contribution in [0.1, 0.15) is 25.8 Å². The Bertz CT molecular complexity index is 541. The van der Waals surface area contributed by atoms with E-state index in [-0.39, 0.29) is 10.8 Å². The third-order valence-electron chi connectivity index (χ3n) is 2.57. The lowest BCUT2D eigenvalue weighted by atomic mass is 10.2. The third kappa shape index (κ3) is 4.65. The standard InChI is InChI=1S/C13H20N2O3S/c1-4-8-14-13(16)11(3)15-19(17,18)12-7-5-6-10(2)9-12/h5-7,9,11,15H,4,8H2,1-3H3,(H,14,16). The molecule has 0 aliphatic heterocycles. The Labute approximate surface area is 114 Å². The number of aryl methyl sites for hydroxylation is 1. The Hall–Kier alpha value is -1.40. The first-order valence-corrected chi connectivity index (χ1v) is 7.72. The average Bonchev–Trinajstić information content (AvgIpc) is 2.35. The highest BCUT2D eigenvalue weighted by atomic mass is 32.2. The largest absolute Gasteiger partial charge is 0.355 e. The van der Waals surface area contributed by atoms with Gasteiger partial charge in [0, 0.05) is 6.54 Å². The lowest BCUT2D eigenvalue weighted by Gasteiger charge is -2.14. The number of hydrogen-bond acceptors (Lipinski definition) is 3. The van der Waals surface area contributed by atoms with E-state index in [1.54, 1.807) is 12.1 Å². The summed E-state index contributed by atoms with van der Waals surface area (Å²) in [5.41, 5.74) is 0.853. The van der Waals surface area contributed by atoms with Gasteiger partial charge in [-0.05, 0) is 38.0 Å². The fraction of sp³-hybridized carbons (Fsp3) is 0.462. The fourth-order valence-electron chi connectivity index (χ4n) is 1.54. The van der Waals surface area contributed by atoms with E-state index in [4.69, 9.17) is 0 Å². The molecule has 0 saturated carbocycles. The van der Waals surface area contributed by atoms with E-state index in [2.05, 4.69) is 10.0 Å². The Morgan fingerprint density at radius 2 is 2.05 bits per heavy atom. The van der Waals surface area contributed by atoms with Crippen LogP contribution in [0.2, 0.25) is 0 Å². The summed E-state index contributed by atoms with van der Waals surface area (Å²) < 4.78 is 26.5. The number of amides is 1. The summed E-state index contributed by atoms with van der Waals surface area (Å²) in [6.07, 6.45) is 0.809. The highest BCUT2D eigenvalue weighted by Gasteiger charge is 2.21. The van der Waals surface area contributed by atoms with E-state index in [0.29, 0.717) is 6.54 Å². The van der Waals surface area contributed by atoms with Crippen molar-refractivity contribution in [3.63, 3.8) is 0 Å². The molecule has 0 fully saturated rings. The highest BCUT2D eigenvalue weighted by molar-refractivity contribution is 7.89. The topological polar surface area (TPSA) is 75.3 Å². The Kier molecular flexibility index (Phi) is 5.50. The molecule has 19 heavy (non-hydrogen) atoms. The van der Waals surface area contributed by atoms with Gasteiger partial charge in [-0.3, -0.25) is 4.79 Å². The van der Waals surface area contributed by atoms with Crippen LogP contribution in [-0.4, -0.2) is 26.9 Å². The van der Waals surface area contributed by atoms with Crippen molar-refractivity contribution >= 4 is 15.9 Å². The third-order valence-corrected chi connectivity index (χ3v) is 4.11. The van der Waals surface area contributed by atoms with Crippen LogP contribution in [0.4, 0.5) is 0 Å². The fourth-order valence-corrected chi connectivity index (χ4v) is 2.85. The van der Waals surface area contributed by atoms with Crippen molar-refractivity contribution in [2.75, 3.05) is 6.54 Å². The van der Waals surface area contributed by atoms with Crippen LogP contribution in [0.25, 0.3) is 0 Å². The van der Waals surface area contributed by atoms with Gasteiger partial charge in [0.15, 0.2) is 0 Å². The minimum absolute atomic E-state index is 0.169. The molecular weight excluding hydrogens is 264 g/mol. The summed E-state index contributed by atoms with van der Waals surface area (Å²) >= 11 is 0. The second-order valence-electron chi connectivity index (χ2n) is 4.45. The van der Waals surface area contributed by atoms with Crippen LogP contribution in [0, 0.1) is 6.92 Å². The predicted octanol–water partition coefficient (Wildman–Crippen LogP) is 1.19. The maximum Gasteiger partial charge on any atom is 0.241 e. The van der Waals surface area contributed by atoms with E-state index in [1.807, 2.05) is 19.9 Å². The first-order chi connectivity index (χ1) is 8.86. The SMILES string of the molecule is CCCNC(=O)C(C)NS(=O)(=O)c1cccc(C)c1. The summed E-state index contributed by atoms with van der Waals surface area (Å²) in [7, 11) is -3.66. The van der Waals surface area contributed by atoms with Gasteiger partial charge in [0.25, 0.3) is 0 Å². The summed E-state index contributed by atoms with van der Waals surface area (Å²) in [5, 5.41) is 2.65. The maximum absolute atomic E-state index is 12.1. The maximum atomic E-state index is 12.1. The molecule has 0 bridgehead atoms. The molecule has 1 aromatic rings. The Balaban J connectivity index is 2.77. The van der Waals surface area contributed by atoms with Gasteiger partial charge in [0.1, 0.15) is 0 Å². The summed E-state index contributed by atoms with van der Waals surface area (Å²) in [5.74, 6) is -0.321. The second kappa shape index (κ2) is 6.68. The van der Waals surface area contributed by atoms with E-state index in [0.717, 1.165) is 12.0 Å². The van der Waals surface area contributed by atoms with E-state index >= 15 is 0 Å². The van der Waals surface area contributed by atoms with Crippen molar-refractivity contribution in [3.8, 4) is 0 Å². The monoisotopic (exact) mass is 284 g/mol. The summed E-state index contributed by atoms with van der Waals surface area (Å²) in [4.78, 5) is 11.8. The van der Waals surface area contributed by atoms with Crippen molar-refractivity contribution in [2.24, 2.45) is 0 Å². The molecule has 1 unspecified atom stereocenters. The van der Waals surface area contributed by atoms with Gasteiger partial charge in [-0.25, -0.2) is 8.42 Å². The summed E-state index contributed by atoms with van der Waals surface area (Å²) in [6, 6.07) is 5.77. The van der Waals surface area contributed by atoms with Crippen LogP contribution in [0.5, 0.6) is 0 Å². The molecule has 0 heterocycles. The van der Waals surface area contributed by atoms with Gasteiger partial charge in [0.05, 0.1) is 10.9 Å². The predicted molar refractivity (Wildman–Crippen MR) is 74.3 cm³/mol. The average molecular weight is 284 g/mol. The molecule has 0 aliphatic carbocycles. The number of sulfonamides is 1. The number of nitrogens with one attached hydrogen (secondary N) is 2. The molecule has 1 amide bonds. The van der Waals surface area contributed by atoms with Crippen LogP contribution in [0.15, 0.2) is 29.2 Å². The lowest BCUT2D eigenvalue weighted by molar-refractivity contribution is -0.122. The highest BCUT2D eigenvalue weighted by Crippen LogP contribution is 2.11. The van der Waals surface area contributed by atoms with Gasteiger partial charge in [0.2, 0.25) is 15.9 Å². The van der Waals surface area contributed by atoms with Crippen molar-refractivity contribution in [2.45, 2.75) is 38.1 Å². The van der Waals surface area contributed by atoms with Gasteiger partial charge >= 0.3 is 0 Å². The van der Waals surface area contributed by atoms with Crippen molar-refractivity contribution in [1.82, 2.24) is 10.0 Å². The molecule has 6 heteroatoms. The summed E-state index contributed by atoms with van der Waals surface area (Å²) in [6.45, 7) is 5.81. The van der Waals surface area contributed by atoms with E-state index in [1.165, 1.54) is 13.0 Å². The van der Waals surface area contributed by atoms with Crippen molar-refractivity contribution in [3.05, 3.63) is 29.8 Å². The zero-order valence-electron chi connectivity index (χ0n) is 11.4. The number of carbonyl (C=O) groups is 1. The molecule has 5 nitrogen and oxygen atoms in total. The van der Waals surface area contributed by atoms with Gasteiger partial charge < -0.3 is 5.32 Å². The smallest absolute Gasteiger partial charge is 0.241 e. The van der Waals surface area contributed by atoms with Gasteiger partial charge in [-0.15, -0.1) is 0 Å². The first kappa shape index (κ1) is 15.7. The van der Waals surface area contributed by atoms with E-state index < -0.39 is 16.1 Å². The second-order valence-corrected chi connectivity index (χ2v) is 6.16. The molecule has 0 saturated heterocycles. The molecule has 1 rings (SSSR count). The Morgan fingerprint density at radius 1 is 1.37 bits per heavy atom. The Morgan fingerprint density at radius 3 is 2.63 bits per heavy atom. The number of benzene rings is 1. The number of carbonyl (C=O) groups excluding carboxylic acids is 1. The molecule has 0 radical (unpaired) electrons. The van der Waals surface area contributed by atoms with E-state index in [9.17, 15) is 13.2 Å².